The van der Waals surface area contributed by atoms with Crippen molar-refractivity contribution < 1.29 is 8.42 Å². The van der Waals surface area contributed by atoms with Crippen LogP contribution in [0.15, 0.2) is 44.4 Å². The van der Waals surface area contributed by atoms with E-state index in [-0.39, 0.29) is 0 Å². The summed E-state index contributed by atoms with van der Waals surface area (Å²) in [5.74, 6) is 0. The van der Waals surface area contributed by atoms with E-state index in [1.54, 1.807) is 12.1 Å². The first-order valence-corrected chi connectivity index (χ1v) is 9.13. The Hall–Kier alpha value is -1.05. The molecule has 0 aliphatic carbocycles. The van der Waals surface area contributed by atoms with Gasteiger partial charge in [0.25, 0.3) is 10.0 Å². The van der Waals surface area contributed by atoms with Gasteiger partial charge in [-0.3, -0.25) is 4.31 Å². The first kappa shape index (κ1) is 13.9. The standard InChI is InChI=1S/C13H13BrN2O2S2/c1-15-8-9-16(11-5-3-2-4-10(11)15)20(17,18)13-7-6-12(14)19-13/h2-7H,8-9H2,1H3. The number of fused-ring (bicyclic) bond motifs is 1. The molecule has 0 N–H and O–H groups in total. The van der Waals surface area contributed by atoms with Gasteiger partial charge in [-0.15, -0.1) is 11.3 Å². The highest BCUT2D eigenvalue weighted by Gasteiger charge is 2.31. The molecule has 0 radical (unpaired) electrons. The zero-order chi connectivity index (χ0) is 14.3. The molecule has 2 aromatic rings. The fourth-order valence-electron chi connectivity index (χ4n) is 2.27. The van der Waals surface area contributed by atoms with Crippen molar-refractivity contribution in [1.82, 2.24) is 0 Å². The molecule has 0 atom stereocenters. The van der Waals surface area contributed by atoms with Gasteiger partial charge in [-0.1, -0.05) is 12.1 Å². The Morgan fingerprint density at radius 1 is 1.10 bits per heavy atom. The summed E-state index contributed by atoms with van der Waals surface area (Å²) in [6.07, 6.45) is 0. The van der Waals surface area contributed by atoms with Crippen molar-refractivity contribution in [1.29, 1.82) is 0 Å². The van der Waals surface area contributed by atoms with Crippen LogP contribution in [0, 0.1) is 0 Å². The van der Waals surface area contributed by atoms with Gasteiger partial charge in [0.05, 0.1) is 21.7 Å². The number of thiophene rings is 1. The van der Waals surface area contributed by atoms with Crippen LogP contribution in [-0.2, 0) is 10.0 Å². The van der Waals surface area contributed by atoms with E-state index in [9.17, 15) is 8.42 Å². The summed E-state index contributed by atoms with van der Waals surface area (Å²) in [7, 11) is -1.51. The van der Waals surface area contributed by atoms with E-state index in [2.05, 4.69) is 20.8 Å². The molecule has 0 bridgehead atoms. The molecule has 0 unspecified atom stereocenters. The molecule has 1 aliphatic rings. The molecule has 1 aromatic carbocycles. The Labute approximate surface area is 130 Å². The smallest absolute Gasteiger partial charge is 0.273 e. The predicted octanol–water partition coefficient (Wildman–Crippen LogP) is 3.16. The summed E-state index contributed by atoms with van der Waals surface area (Å²) in [5.41, 5.74) is 1.68. The maximum atomic E-state index is 12.8. The van der Waals surface area contributed by atoms with Crippen LogP contribution in [0.2, 0.25) is 0 Å². The largest absolute Gasteiger partial charge is 0.371 e. The van der Waals surface area contributed by atoms with Crippen molar-refractivity contribution in [3.8, 4) is 0 Å². The molecule has 106 valence electrons. The molecule has 1 aromatic heterocycles. The van der Waals surface area contributed by atoms with Crippen LogP contribution in [0.5, 0.6) is 0 Å². The third kappa shape index (κ3) is 2.23. The van der Waals surface area contributed by atoms with Crippen molar-refractivity contribution in [2.24, 2.45) is 0 Å². The van der Waals surface area contributed by atoms with E-state index in [4.69, 9.17) is 0 Å². The van der Waals surface area contributed by atoms with Crippen molar-refractivity contribution in [2.45, 2.75) is 4.21 Å². The molecular weight excluding hydrogens is 360 g/mol. The minimum atomic E-state index is -3.48. The Bertz CT molecular complexity index is 742. The van der Waals surface area contributed by atoms with Crippen LogP contribution in [-0.4, -0.2) is 28.6 Å². The van der Waals surface area contributed by atoms with Gasteiger partial charge in [-0.05, 0) is 40.2 Å². The van der Waals surface area contributed by atoms with Gasteiger partial charge in [0.1, 0.15) is 4.21 Å². The molecule has 20 heavy (non-hydrogen) atoms. The highest BCUT2D eigenvalue weighted by atomic mass is 79.9. The third-order valence-electron chi connectivity index (χ3n) is 3.29. The second kappa shape index (κ2) is 5.05. The van der Waals surface area contributed by atoms with Crippen LogP contribution in [0.4, 0.5) is 11.4 Å². The number of anilines is 2. The summed E-state index contributed by atoms with van der Waals surface area (Å²) >= 11 is 4.55. The number of rotatable bonds is 2. The quantitative estimate of drug-likeness (QED) is 0.812. The number of benzene rings is 1. The lowest BCUT2D eigenvalue weighted by atomic mass is 10.2. The normalized spacial score (nSPS) is 15.3. The average molecular weight is 373 g/mol. The van der Waals surface area contributed by atoms with Crippen molar-refractivity contribution in [2.75, 3.05) is 29.3 Å². The molecule has 2 heterocycles. The zero-order valence-corrected chi connectivity index (χ0v) is 14.0. The summed E-state index contributed by atoms with van der Waals surface area (Å²) in [5, 5.41) is 0. The average Bonchev–Trinajstić information content (AvgIpc) is 2.87. The number of para-hydroxylation sites is 2. The maximum absolute atomic E-state index is 12.8. The molecule has 7 heteroatoms. The predicted molar refractivity (Wildman–Crippen MR) is 86.3 cm³/mol. The van der Waals surface area contributed by atoms with E-state index in [0.717, 1.165) is 15.2 Å². The summed E-state index contributed by atoms with van der Waals surface area (Å²) in [6.45, 7) is 1.15. The van der Waals surface area contributed by atoms with Crippen LogP contribution < -0.4 is 9.21 Å². The Morgan fingerprint density at radius 2 is 1.80 bits per heavy atom. The monoisotopic (exact) mass is 372 g/mol. The number of hydrogen-bond acceptors (Lipinski definition) is 4. The second-order valence-corrected chi connectivity index (χ2v) is 9.10. The van der Waals surface area contributed by atoms with Crippen molar-refractivity contribution in [3.05, 3.63) is 40.2 Å². The molecule has 0 amide bonds. The van der Waals surface area contributed by atoms with E-state index in [0.29, 0.717) is 17.3 Å². The van der Waals surface area contributed by atoms with Crippen molar-refractivity contribution >= 4 is 48.7 Å². The molecule has 0 saturated carbocycles. The Kier molecular flexibility index (Phi) is 3.51. The van der Waals surface area contributed by atoms with Crippen LogP contribution in [0.3, 0.4) is 0 Å². The molecule has 0 spiro atoms. The minimum absolute atomic E-state index is 0.365. The third-order valence-corrected chi connectivity index (χ3v) is 7.20. The first-order valence-electron chi connectivity index (χ1n) is 6.08. The molecule has 4 nitrogen and oxygen atoms in total. The van der Waals surface area contributed by atoms with Gasteiger partial charge < -0.3 is 4.90 Å². The van der Waals surface area contributed by atoms with E-state index in [1.807, 2.05) is 31.3 Å². The van der Waals surface area contributed by atoms with Gasteiger partial charge in [-0.25, -0.2) is 8.42 Å². The lowest BCUT2D eigenvalue weighted by molar-refractivity contribution is 0.591. The maximum Gasteiger partial charge on any atom is 0.273 e. The van der Waals surface area contributed by atoms with Crippen LogP contribution in [0.1, 0.15) is 0 Å². The van der Waals surface area contributed by atoms with Crippen LogP contribution in [0.25, 0.3) is 0 Å². The number of halogens is 1. The summed E-state index contributed by atoms with van der Waals surface area (Å²) in [4.78, 5) is 2.08. The molecule has 1 aliphatic heterocycles. The highest BCUT2D eigenvalue weighted by Crippen LogP contribution is 2.37. The van der Waals surface area contributed by atoms with Crippen LogP contribution >= 0.6 is 27.3 Å². The number of nitrogens with zero attached hydrogens (tertiary/aromatic N) is 2. The lowest BCUT2D eigenvalue weighted by Gasteiger charge is -2.35. The van der Waals surface area contributed by atoms with Gasteiger partial charge in [0.2, 0.25) is 0 Å². The second-order valence-electron chi connectivity index (χ2n) is 4.55. The topological polar surface area (TPSA) is 40.6 Å². The number of sulfonamides is 1. The molecule has 3 rings (SSSR count). The van der Waals surface area contributed by atoms with E-state index in [1.165, 1.54) is 15.6 Å². The van der Waals surface area contributed by atoms with E-state index >= 15 is 0 Å². The Morgan fingerprint density at radius 3 is 2.45 bits per heavy atom. The summed E-state index contributed by atoms with van der Waals surface area (Å²) in [6, 6.07) is 11.0. The summed E-state index contributed by atoms with van der Waals surface area (Å²) < 4.78 is 28.2. The lowest BCUT2D eigenvalue weighted by Crippen LogP contribution is -2.42. The van der Waals surface area contributed by atoms with Gasteiger partial charge in [-0.2, -0.15) is 0 Å². The first-order chi connectivity index (χ1) is 9.50. The fraction of sp³-hybridized carbons (Fsp3) is 0.231. The highest BCUT2D eigenvalue weighted by molar-refractivity contribution is 9.11. The molecule has 0 fully saturated rings. The minimum Gasteiger partial charge on any atom is -0.371 e. The molecular formula is C13H13BrN2O2S2. The number of hydrogen-bond donors (Lipinski definition) is 0. The van der Waals surface area contributed by atoms with Gasteiger partial charge >= 0.3 is 0 Å². The van der Waals surface area contributed by atoms with Crippen molar-refractivity contribution in [3.63, 3.8) is 0 Å². The van der Waals surface area contributed by atoms with E-state index < -0.39 is 10.0 Å². The number of likely N-dealkylation sites (N-methyl/N-ethyl adjacent to an activating group) is 1. The SMILES string of the molecule is CN1CCN(S(=O)(=O)c2ccc(Br)s2)c2ccccc21. The Balaban J connectivity index is 2.10. The molecule has 0 saturated heterocycles. The fourth-order valence-corrected chi connectivity index (χ4v) is 5.87. The van der Waals surface area contributed by atoms with Gasteiger partial charge in [0.15, 0.2) is 0 Å². The van der Waals surface area contributed by atoms with Gasteiger partial charge in [0, 0.05) is 13.6 Å². The zero-order valence-electron chi connectivity index (χ0n) is 10.8.